The van der Waals surface area contributed by atoms with Crippen LogP contribution in [0.5, 0.6) is 5.75 Å². The quantitative estimate of drug-likeness (QED) is 0.665. The molecule has 0 bridgehead atoms. The Kier molecular flexibility index (Phi) is 7.45. The van der Waals surface area contributed by atoms with E-state index in [-0.39, 0.29) is 18.6 Å². The SMILES string of the molecule is CC(C)N1CCC(Oc2cccc(C(=O)NCC(O)CN3CCc4ccccc4C3)c2)C1. The molecule has 2 unspecified atom stereocenters. The third-order valence-electron chi connectivity index (χ3n) is 6.48. The van der Waals surface area contributed by atoms with Crippen LogP contribution in [0.15, 0.2) is 48.5 Å². The molecule has 2 N–H and O–H groups in total. The maximum Gasteiger partial charge on any atom is 0.251 e. The van der Waals surface area contributed by atoms with Crippen molar-refractivity contribution in [2.75, 3.05) is 32.7 Å². The maximum atomic E-state index is 12.6. The Balaban J connectivity index is 1.24. The highest BCUT2D eigenvalue weighted by molar-refractivity contribution is 5.94. The Morgan fingerprint density at radius 1 is 1.16 bits per heavy atom. The number of aliphatic hydroxyl groups is 1. The molecule has 2 aromatic carbocycles. The van der Waals surface area contributed by atoms with Crippen LogP contribution in [-0.4, -0.2) is 71.8 Å². The summed E-state index contributed by atoms with van der Waals surface area (Å²) in [6.45, 7) is 8.91. The van der Waals surface area contributed by atoms with Crippen LogP contribution in [-0.2, 0) is 13.0 Å². The van der Waals surface area contributed by atoms with Crippen molar-refractivity contribution < 1.29 is 14.6 Å². The molecule has 0 saturated carbocycles. The van der Waals surface area contributed by atoms with E-state index in [0.29, 0.717) is 18.2 Å². The fourth-order valence-electron chi connectivity index (χ4n) is 4.61. The van der Waals surface area contributed by atoms with E-state index in [1.54, 1.807) is 12.1 Å². The lowest BCUT2D eigenvalue weighted by atomic mass is 10.00. The lowest BCUT2D eigenvalue weighted by molar-refractivity contribution is 0.0841. The zero-order valence-corrected chi connectivity index (χ0v) is 19.2. The molecule has 1 fully saturated rings. The third-order valence-corrected chi connectivity index (χ3v) is 6.48. The molecule has 2 aromatic rings. The van der Waals surface area contributed by atoms with Crippen molar-refractivity contribution in [1.82, 2.24) is 15.1 Å². The molecule has 0 spiro atoms. The minimum absolute atomic E-state index is 0.159. The highest BCUT2D eigenvalue weighted by Gasteiger charge is 2.25. The first-order valence-corrected chi connectivity index (χ1v) is 11.7. The molecule has 2 atom stereocenters. The summed E-state index contributed by atoms with van der Waals surface area (Å²) in [5.74, 6) is 0.537. The van der Waals surface area contributed by atoms with E-state index in [1.165, 1.54) is 11.1 Å². The molecule has 0 aliphatic carbocycles. The van der Waals surface area contributed by atoms with Crippen molar-refractivity contribution in [2.45, 2.75) is 51.5 Å². The van der Waals surface area contributed by atoms with Crippen LogP contribution >= 0.6 is 0 Å². The highest BCUT2D eigenvalue weighted by Crippen LogP contribution is 2.21. The number of hydrogen-bond donors (Lipinski definition) is 2. The summed E-state index contributed by atoms with van der Waals surface area (Å²) in [5.41, 5.74) is 3.27. The second-order valence-electron chi connectivity index (χ2n) is 9.26. The number of nitrogens with zero attached hydrogens (tertiary/aromatic N) is 2. The van der Waals surface area contributed by atoms with Crippen LogP contribution in [0.2, 0.25) is 0 Å². The van der Waals surface area contributed by atoms with Gasteiger partial charge < -0.3 is 15.2 Å². The molecule has 172 valence electrons. The standard InChI is InChI=1S/C26H35N3O3/c1-19(2)29-13-11-25(18-29)32-24-9-5-8-21(14-24)26(31)27-15-23(30)17-28-12-10-20-6-3-4-7-22(20)16-28/h3-9,14,19,23,25,30H,10-13,15-18H2,1-2H3,(H,27,31). The minimum atomic E-state index is -0.607. The molecule has 1 amide bonds. The van der Waals surface area contributed by atoms with Gasteiger partial charge in [-0.3, -0.25) is 14.6 Å². The Morgan fingerprint density at radius 2 is 1.97 bits per heavy atom. The summed E-state index contributed by atoms with van der Waals surface area (Å²) in [5, 5.41) is 13.3. The summed E-state index contributed by atoms with van der Waals surface area (Å²) in [6.07, 6.45) is 1.55. The van der Waals surface area contributed by atoms with E-state index in [1.807, 2.05) is 12.1 Å². The normalized spacial score (nSPS) is 20.2. The van der Waals surface area contributed by atoms with Crippen LogP contribution in [0.25, 0.3) is 0 Å². The van der Waals surface area contributed by atoms with E-state index in [4.69, 9.17) is 4.74 Å². The van der Waals surface area contributed by atoms with Gasteiger partial charge in [0.15, 0.2) is 0 Å². The average molecular weight is 438 g/mol. The van der Waals surface area contributed by atoms with E-state index in [2.05, 4.69) is 53.2 Å². The second-order valence-corrected chi connectivity index (χ2v) is 9.26. The number of aliphatic hydroxyl groups excluding tert-OH is 1. The summed E-state index contributed by atoms with van der Waals surface area (Å²) < 4.78 is 6.12. The largest absolute Gasteiger partial charge is 0.489 e. The van der Waals surface area contributed by atoms with E-state index >= 15 is 0 Å². The number of hydrogen-bond acceptors (Lipinski definition) is 5. The molecule has 4 rings (SSSR count). The molecule has 6 heteroatoms. The first-order chi connectivity index (χ1) is 15.5. The second kappa shape index (κ2) is 10.5. The summed E-state index contributed by atoms with van der Waals surface area (Å²) in [4.78, 5) is 17.3. The molecule has 2 heterocycles. The summed E-state index contributed by atoms with van der Waals surface area (Å²) >= 11 is 0. The Morgan fingerprint density at radius 3 is 2.75 bits per heavy atom. The highest BCUT2D eigenvalue weighted by atomic mass is 16.5. The van der Waals surface area contributed by atoms with Crippen LogP contribution in [0.1, 0.15) is 41.8 Å². The van der Waals surface area contributed by atoms with Gasteiger partial charge in [-0.05, 0) is 56.0 Å². The van der Waals surface area contributed by atoms with Crippen molar-refractivity contribution in [1.29, 1.82) is 0 Å². The van der Waals surface area contributed by atoms with Gasteiger partial charge in [-0.2, -0.15) is 0 Å². The number of rotatable bonds is 8. The molecule has 0 aromatic heterocycles. The Hall–Kier alpha value is -2.41. The molecule has 6 nitrogen and oxygen atoms in total. The van der Waals surface area contributed by atoms with Gasteiger partial charge in [0.05, 0.1) is 6.10 Å². The number of likely N-dealkylation sites (tertiary alicyclic amines) is 1. The first kappa shape index (κ1) is 22.8. The van der Waals surface area contributed by atoms with Crippen molar-refractivity contribution >= 4 is 5.91 Å². The maximum absolute atomic E-state index is 12.6. The van der Waals surface area contributed by atoms with Gasteiger partial charge in [-0.15, -0.1) is 0 Å². The van der Waals surface area contributed by atoms with Crippen LogP contribution in [0, 0.1) is 0 Å². The number of β-amino-alcohol motifs (C(OH)–C–C–N with tert-alkyl or cyclic N) is 1. The lowest BCUT2D eigenvalue weighted by Gasteiger charge is -2.30. The van der Waals surface area contributed by atoms with Gasteiger partial charge in [0.2, 0.25) is 0 Å². The number of fused-ring (bicyclic) bond motifs is 1. The van der Waals surface area contributed by atoms with Crippen molar-refractivity contribution in [3.05, 3.63) is 65.2 Å². The number of carbonyl (C=O) groups is 1. The van der Waals surface area contributed by atoms with Gasteiger partial charge in [0.1, 0.15) is 11.9 Å². The number of nitrogens with one attached hydrogen (secondary N) is 1. The monoisotopic (exact) mass is 437 g/mol. The fourth-order valence-corrected chi connectivity index (χ4v) is 4.61. The summed E-state index contributed by atoms with van der Waals surface area (Å²) in [6, 6.07) is 16.3. The topological polar surface area (TPSA) is 65.0 Å². The number of benzene rings is 2. The van der Waals surface area contributed by atoms with Crippen LogP contribution < -0.4 is 10.1 Å². The molecular weight excluding hydrogens is 402 g/mol. The predicted molar refractivity (Wildman–Crippen MR) is 126 cm³/mol. The zero-order chi connectivity index (χ0) is 22.5. The molecular formula is C26H35N3O3. The molecule has 1 saturated heterocycles. The van der Waals surface area contributed by atoms with Crippen LogP contribution in [0.4, 0.5) is 0 Å². The molecule has 2 aliphatic rings. The van der Waals surface area contributed by atoms with Crippen molar-refractivity contribution in [2.24, 2.45) is 0 Å². The van der Waals surface area contributed by atoms with Crippen molar-refractivity contribution in [3.63, 3.8) is 0 Å². The third kappa shape index (κ3) is 5.88. The Bertz CT molecular complexity index is 917. The van der Waals surface area contributed by atoms with Gasteiger partial charge in [-0.25, -0.2) is 0 Å². The first-order valence-electron chi connectivity index (χ1n) is 11.7. The van der Waals surface area contributed by atoms with E-state index in [9.17, 15) is 9.90 Å². The van der Waals surface area contributed by atoms with Crippen LogP contribution in [0.3, 0.4) is 0 Å². The lowest BCUT2D eigenvalue weighted by Crippen LogP contribution is -2.42. The van der Waals surface area contributed by atoms with Gasteiger partial charge in [-0.1, -0.05) is 30.3 Å². The molecule has 32 heavy (non-hydrogen) atoms. The van der Waals surface area contributed by atoms with E-state index < -0.39 is 6.10 Å². The fraction of sp³-hybridized carbons (Fsp3) is 0.500. The average Bonchev–Trinajstić information content (AvgIpc) is 3.26. The smallest absolute Gasteiger partial charge is 0.251 e. The zero-order valence-electron chi connectivity index (χ0n) is 19.2. The molecule has 2 aliphatic heterocycles. The molecule has 0 radical (unpaired) electrons. The van der Waals surface area contributed by atoms with Gasteiger partial charge in [0, 0.05) is 50.9 Å². The predicted octanol–water partition coefficient (Wildman–Crippen LogP) is 2.70. The Labute approximate surface area is 191 Å². The van der Waals surface area contributed by atoms with Crippen molar-refractivity contribution in [3.8, 4) is 5.75 Å². The summed E-state index contributed by atoms with van der Waals surface area (Å²) in [7, 11) is 0. The number of carbonyl (C=O) groups excluding carboxylic acids is 1. The minimum Gasteiger partial charge on any atom is -0.489 e. The number of amides is 1. The van der Waals surface area contributed by atoms with E-state index in [0.717, 1.165) is 44.8 Å². The van der Waals surface area contributed by atoms with Gasteiger partial charge in [0.25, 0.3) is 5.91 Å². The number of ether oxygens (including phenoxy) is 1. The van der Waals surface area contributed by atoms with Gasteiger partial charge >= 0.3 is 0 Å².